The Morgan fingerprint density at radius 3 is 2.74 bits per heavy atom. The average Bonchev–Trinajstić information content (AvgIpc) is 2.65. The van der Waals surface area contributed by atoms with E-state index in [0.29, 0.717) is 30.9 Å². The molecule has 1 N–H and O–H groups in total. The van der Waals surface area contributed by atoms with E-state index in [0.717, 1.165) is 38.7 Å². The van der Waals surface area contributed by atoms with Gasteiger partial charge in [-0.05, 0) is 38.2 Å². The second-order valence-corrected chi connectivity index (χ2v) is 7.63. The molecule has 7 nitrogen and oxygen atoms in total. The minimum Gasteiger partial charge on any atom is -0.478 e. The van der Waals surface area contributed by atoms with E-state index in [1.807, 2.05) is 0 Å². The van der Waals surface area contributed by atoms with Crippen LogP contribution in [0.3, 0.4) is 0 Å². The average molecular weight is 378 g/mol. The highest BCUT2D eigenvalue weighted by molar-refractivity contribution is 5.97. The number of rotatable bonds is 9. The summed E-state index contributed by atoms with van der Waals surface area (Å²) in [5.41, 5.74) is -0.262. The molecule has 1 aromatic rings. The first-order valence-corrected chi connectivity index (χ1v) is 9.54. The third-order valence-corrected chi connectivity index (χ3v) is 4.17. The summed E-state index contributed by atoms with van der Waals surface area (Å²) < 4.78 is 16.8. The smallest absolute Gasteiger partial charge is 0.230 e. The molecule has 2 rings (SSSR count). The van der Waals surface area contributed by atoms with Crippen molar-refractivity contribution in [2.75, 3.05) is 25.1 Å². The molecule has 1 fully saturated rings. The molecular formula is C20H30N2O5. The third kappa shape index (κ3) is 7.27. The number of ether oxygens (including phenoxy) is 3. The van der Waals surface area contributed by atoms with Crippen LogP contribution >= 0.6 is 0 Å². The molecular weight excluding hydrogens is 348 g/mol. The second kappa shape index (κ2) is 10.4. The second-order valence-electron chi connectivity index (χ2n) is 7.63. The van der Waals surface area contributed by atoms with Gasteiger partial charge in [0.05, 0.1) is 12.2 Å². The zero-order valence-electron chi connectivity index (χ0n) is 16.5. The highest BCUT2D eigenvalue weighted by Crippen LogP contribution is 2.21. The topological polar surface area (TPSA) is 86.8 Å². The minimum absolute atomic E-state index is 0.0637. The number of hydrogen-bond donors (Lipinski definition) is 1. The summed E-state index contributed by atoms with van der Waals surface area (Å²) >= 11 is 0. The molecule has 1 saturated heterocycles. The van der Waals surface area contributed by atoms with Crippen LogP contribution in [0.1, 0.15) is 63.2 Å². The van der Waals surface area contributed by atoms with Crippen molar-refractivity contribution in [3.63, 3.8) is 0 Å². The Morgan fingerprint density at radius 1 is 1.30 bits per heavy atom. The van der Waals surface area contributed by atoms with Crippen molar-refractivity contribution >= 4 is 18.0 Å². The molecule has 1 aliphatic rings. The lowest BCUT2D eigenvalue weighted by Crippen LogP contribution is -2.28. The van der Waals surface area contributed by atoms with Crippen molar-refractivity contribution in [1.82, 2.24) is 4.98 Å². The fraction of sp³-hybridized carbons (Fsp3) is 0.650. The van der Waals surface area contributed by atoms with Gasteiger partial charge in [0, 0.05) is 24.7 Å². The number of aldehydes is 1. The summed E-state index contributed by atoms with van der Waals surface area (Å²) in [4.78, 5) is 27.6. The Balaban J connectivity index is 1.76. The number of pyridine rings is 1. The van der Waals surface area contributed by atoms with Crippen molar-refractivity contribution < 1.29 is 23.8 Å². The largest absolute Gasteiger partial charge is 0.478 e. The van der Waals surface area contributed by atoms with Crippen LogP contribution in [0.5, 0.6) is 5.88 Å². The van der Waals surface area contributed by atoms with Crippen molar-refractivity contribution in [1.29, 1.82) is 0 Å². The van der Waals surface area contributed by atoms with E-state index in [9.17, 15) is 9.59 Å². The number of nitrogens with one attached hydrogen (secondary N) is 1. The Morgan fingerprint density at radius 2 is 2.07 bits per heavy atom. The zero-order chi connectivity index (χ0) is 19.7. The van der Waals surface area contributed by atoms with Crippen molar-refractivity contribution in [2.24, 2.45) is 5.41 Å². The maximum absolute atomic E-state index is 12.1. The lowest BCUT2D eigenvalue weighted by molar-refractivity contribution is -0.162. The standard InChI is InChI=1S/C20H30N2O5/c1-20(2,3)19(24)22-18-15(14-23)9-10-16(21-18)25-11-6-7-13-27-17-8-4-5-12-26-17/h9-10,14,17H,4-8,11-13H2,1-3H3,(H,21,22,24). The van der Waals surface area contributed by atoms with Crippen molar-refractivity contribution in [2.45, 2.75) is 59.2 Å². The van der Waals surface area contributed by atoms with Gasteiger partial charge in [-0.15, -0.1) is 0 Å². The molecule has 1 amide bonds. The van der Waals surface area contributed by atoms with Crippen LogP contribution < -0.4 is 10.1 Å². The molecule has 0 spiro atoms. The maximum Gasteiger partial charge on any atom is 0.230 e. The SMILES string of the molecule is CC(C)(C)C(=O)Nc1nc(OCCCCOC2CCCCO2)ccc1C=O. The first-order valence-electron chi connectivity index (χ1n) is 9.54. The number of amides is 1. The van der Waals surface area contributed by atoms with Crippen molar-refractivity contribution in [3.8, 4) is 5.88 Å². The summed E-state index contributed by atoms with van der Waals surface area (Å²) in [6.07, 6.45) is 5.51. The molecule has 27 heavy (non-hydrogen) atoms. The number of unbranched alkanes of at least 4 members (excludes halogenated alkanes) is 1. The van der Waals surface area contributed by atoms with E-state index < -0.39 is 5.41 Å². The first-order chi connectivity index (χ1) is 12.9. The van der Waals surface area contributed by atoms with Crippen LogP contribution in [0.4, 0.5) is 5.82 Å². The van der Waals surface area contributed by atoms with E-state index in [4.69, 9.17) is 14.2 Å². The molecule has 0 radical (unpaired) electrons. The highest BCUT2D eigenvalue weighted by atomic mass is 16.7. The van der Waals surface area contributed by atoms with E-state index in [1.54, 1.807) is 32.9 Å². The molecule has 1 atom stereocenters. The number of hydrogen-bond acceptors (Lipinski definition) is 6. The van der Waals surface area contributed by atoms with Crippen molar-refractivity contribution in [3.05, 3.63) is 17.7 Å². The predicted molar refractivity (Wildman–Crippen MR) is 102 cm³/mol. The molecule has 1 aromatic heterocycles. The zero-order valence-corrected chi connectivity index (χ0v) is 16.5. The van der Waals surface area contributed by atoms with Crippen LogP contribution in [0.15, 0.2) is 12.1 Å². The third-order valence-electron chi connectivity index (χ3n) is 4.17. The number of aromatic nitrogens is 1. The van der Waals surface area contributed by atoms with E-state index in [1.165, 1.54) is 0 Å². The molecule has 1 aliphatic heterocycles. The Bertz CT molecular complexity index is 621. The van der Waals surface area contributed by atoms with Gasteiger partial charge in [-0.2, -0.15) is 4.98 Å². The minimum atomic E-state index is -0.583. The summed E-state index contributed by atoms with van der Waals surface area (Å²) in [6.45, 7) is 7.29. The Hall–Kier alpha value is -1.99. The molecule has 0 saturated carbocycles. The van der Waals surface area contributed by atoms with Crippen LogP contribution in [0.2, 0.25) is 0 Å². The summed E-state index contributed by atoms with van der Waals surface area (Å²) in [5.74, 6) is 0.388. The summed E-state index contributed by atoms with van der Waals surface area (Å²) in [5, 5.41) is 2.69. The van der Waals surface area contributed by atoms with Gasteiger partial charge in [0.15, 0.2) is 12.6 Å². The van der Waals surface area contributed by atoms with E-state index >= 15 is 0 Å². The number of carbonyl (C=O) groups excluding carboxylic acids is 2. The predicted octanol–water partition coefficient (Wildman–Crippen LogP) is 3.58. The Labute approximate surface area is 160 Å². The molecule has 1 unspecified atom stereocenters. The molecule has 0 bridgehead atoms. The number of anilines is 1. The van der Waals surface area contributed by atoms with Gasteiger partial charge in [0.2, 0.25) is 11.8 Å². The van der Waals surface area contributed by atoms with Gasteiger partial charge in [-0.25, -0.2) is 0 Å². The summed E-state index contributed by atoms with van der Waals surface area (Å²) in [7, 11) is 0. The van der Waals surface area contributed by atoms with Gasteiger partial charge in [-0.1, -0.05) is 20.8 Å². The van der Waals surface area contributed by atoms with Gasteiger partial charge in [-0.3, -0.25) is 9.59 Å². The van der Waals surface area contributed by atoms with E-state index in [-0.39, 0.29) is 18.0 Å². The monoisotopic (exact) mass is 378 g/mol. The lowest BCUT2D eigenvalue weighted by Gasteiger charge is -2.22. The molecule has 2 heterocycles. The molecule has 0 aromatic carbocycles. The highest BCUT2D eigenvalue weighted by Gasteiger charge is 2.23. The van der Waals surface area contributed by atoms with Gasteiger partial charge < -0.3 is 19.5 Å². The number of nitrogens with zero attached hydrogens (tertiary/aromatic N) is 1. The first kappa shape index (κ1) is 21.3. The van der Waals surface area contributed by atoms with E-state index in [2.05, 4.69) is 10.3 Å². The van der Waals surface area contributed by atoms with Gasteiger partial charge >= 0.3 is 0 Å². The molecule has 150 valence electrons. The molecule has 7 heteroatoms. The van der Waals surface area contributed by atoms with Crippen LogP contribution in [0, 0.1) is 5.41 Å². The van der Waals surface area contributed by atoms with Crippen LogP contribution in [-0.4, -0.2) is 43.3 Å². The quantitative estimate of drug-likeness (QED) is 0.522. The molecule has 0 aliphatic carbocycles. The van der Waals surface area contributed by atoms with Gasteiger partial charge in [0.25, 0.3) is 0 Å². The normalized spacial score (nSPS) is 17.4. The van der Waals surface area contributed by atoms with Crippen LogP contribution in [0.25, 0.3) is 0 Å². The van der Waals surface area contributed by atoms with Crippen LogP contribution in [-0.2, 0) is 14.3 Å². The number of carbonyl (C=O) groups is 2. The summed E-state index contributed by atoms with van der Waals surface area (Å²) in [6, 6.07) is 3.22. The Kier molecular flexibility index (Phi) is 8.19. The fourth-order valence-corrected chi connectivity index (χ4v) is 2.46. The lowest BCUT2D eigenvalue weighted by atomic mass is 9.96. The maximum atomic E-state index is 12.1. The van der Waals surface area contributed by atoms with Gasteiger partial charge in [0.1, 0.15) is 5.82 Å². The fourth-order valence-electron chi connectivity index (χ4n) is 2.46.